The molecule has 0 radical (unpaired) electrons. The lowest BCUT2D eigenvalue weighted by molar-refractivity contribution is 0.250. The molecule has 1 heterocycles. The first kappa shape index (κ1) is 22.2. The van der Waals surface area contributed by atoms with Crippen LogP contribution in [0, 0.1) is 0 Å². The molecule has 3 rings (SSSR count). The molecule has 1 aliphatic heterocycles. The van der Waals surface area contributed by atoms with Gasteiger partial charge in [-0.3, -0.25) is 0 Å². The van der Waals surface area contributed by atoms with Crippen molar-refractivity contribution in [3.63, 3.8) is 0 Å². The Labute approximate surface area is 184 Å². The van der Waals surface area contributed by atoms with Gasteiger partial charge in [-0.05, 0) is 83.8 Å². The molecule has 0 amide bonds. The summed E-state index contributed by atoms with van der Waals surface area (Å²) in [7, 11) is 8.44. The van der Waals surface area contributed by atoms with Crippen LogP contribution in [-0.2, 0) is 4.74 Å². The fraction of sp³-hybridized carbons (Fsp3) is 0.417. The van der Waals surface area contributed by atoms with E-state index in [1.165, 1.54) is 20.9 Å². The summed E-state index contributed by atoms with van der Waals surface area (Å²) in [5.41, 5.74) is 3.69. The second-order valence-corrected chi connectivity index (χ2v) is 9.48. The average Bonchev–Trinajstić information content (AvgIpc) is 2.79. The van der Waals surface area contributed by atoms with Gasteiger partial charge in [0.1, 0.15) is 5.76 Å². The molecule has 2 aromatic rings. The Morgan fingerprint density at radius 3 is 2.31 bits per heavy atom. The van der Waals surface area contributed by atoms with Crippen LogP contribution in [0.5, 0.6) is 0 Å². The van der Waals surface area contributed by atoms with Crippen molar-refractivity contribution < 1.29 is 4.74 Å². The first-order valence-electron chi connectivity index (χ1n) is 10.2. The molecule has 0 bridgehead atoms. The third-order valence-corrected chi connectivity index (χ3v) is 6.31. The highest BCUT2D eigenvalue weighted by molar-refractivity contribution is 7.99. The van der Waals surface area contributed by atoms with E-state index in [9.17, 15) is 0 Å². The van der Waals surface area contributed by atoms with E-state index < -0.39 is 0 Å². The van der Waals surface area contributed by atoms with E-state index in [1.54, 1.807) is 11.8 Å². The molecular formula is C24H31ClN2OS. The van der Waals surface area contributed by atoms with Crippen molar-refractivity contribution in [1.82, 2.24) is 9.80 Å². The van der Waals surface area contributed by atoms with Gasteiger partial charge >= 0.3 is 0 Å². The molecule has 29 heavy (non-hydrogen) atoms. The fourth-order valence-electron chi connectivity index (χ4n) is 3.52. The minimum absolute atomic E-state index is 0.698. The minimum atomic E-state index is 0.698. The molecule has 0 unspecified atom stereocenters. The largest absolute Gasteiger partial charge is 0.493 e. The van der Waals surface area contributed by atoms with Crippen molar-refractivity contribution in [2.75, 3.05) is 47.9 Å². The molecule has 0 aromatic heterocycles. The molecule has 0 saturated carbocycles. The third-order valence-electron chi connectivity index (χ3n) is 4.92. The number of benzene rings is 2. The lowest BCUT2D eigenvalue weighted by Gasteiger charge is -2.19. The van der Waals surface area contributed by atoms with Crippen LogP contribution in [0.15, 0.2) is 52.3 Å². The highest BCUT2D eigenvalue weighted by atomic mass is 35.5. The van der Waals surface area contributed by atoms with E-state index in [4.69, 9.17) is 16.3 Å². The van der Waals surface area contributed by atoms with Gasteiger partial charge in [-0.25, -0.2) is 0 Å². The average molecular weight is 431 g/mol. The van der Waals surface area contributed by atoms with Gasteiger partial charge in [-0.2, -0.15) is 0 Å². The first-order chi connectivity index (χ1) is 14.0. The number of nitrogens with zero attached hydrogens (tertiary/aromatic N) is 2. The Bertz CT molecular complexity index is 864. The Balaban J connectivity index is 2.03. The summed E-state index contributed by atoms with van der Waals surface area (Å²) in [6.45, 7) is 2.76. The van der Waals surface area contributed by atoms with Gasteiger partial charge in [-0.15, -0.1) is 0 Å². The van der Waals surface area contributed by atoms with Crippen molar-refractivity contribution in [1.29, 1.82) is 0 Å². The van der Waals surface area contributed by atoms with E-state index in [0.29, 0.717) is 6.61 Å². The summed E-state index contributed by atoms with van der Waals surface area (Å²) >= 11 is 8.21. The van der Waals surface area contributed by atoms with Gasteiger partial charge in [-0.1, -0.05) is 41.6 Å². The number of hydrogen-bond acceptors (Lipinski definition) is 4. The zero-order valence-corrected chi connectivity index (χ0v) is 19.4. The van der Waals surface area contributed by atoms with Crippen LogP contribution in [0.2, 0.25) is 5.02 Å². The van der Waals surface area contributed by atoms with Gasteiger partial charge in [0, 0.05) is 32.5 Å². The number of allylic oxidation sites excluding steroid dienone is 1. The second-order valence-electron chi connectivity index (χ2n) is 7.96. The van der Waals surface area contributed by atoms with Crippen molar-refractivity contribution >= 4 is 34.7 Å². The molecule has 1 aliphatic rings. The van der Waals surface area contributed by atoms with E-state index in [-0.39, 0.29) is 0 Å². The third kappa shape index (κ3) is 6.02. The van der Waals surface area contributed by atoms with Crippen molar-refractivity contribution in [3.8, 4) is 0 Å². The zero-order valence-electron chi connectivity index (χ0n) is 17.9. The summed E-state index contributed by atoms with van der Waals surface area (Å²) in [5, 5.41) is 0.748. The number of fused-ring (bicyclic) bond motifs is 2. The first-order valence-corrected chi connectivity index (χ1v) is 11.4. The smallest absolute Gasteiger partial charge is 0.131 e. The quantitative estimate of drug-likeness (QED) is 0.454. The van der Waals surface area contributed by atoms with Crippen LogP contribution in [-0.4, -0.2) is 57.7 Å². The topological polar surface area (TPSA) is 15.7 Å². The van der Waals surface area contributed by atoms with Crippen LogP contribution in [0.25, 0.3) is 11.3 Å². The van der Waals surface area contributed by atoms with Crippen LogP contribution < -0.4 is 0 Å². The molecule has 0 atom stereocenters. The Morgan fingerprint density at radius 2 is 1.55 bits per heavy atom. The summed E-state index contributed by atoms with van der Waals surface area (Å²) < 4.78 is 6.49. The van der Waals surface area contributed by atoms with E-state index in [0.717, 1.165) is 48.7 Å². The molecular weight excluding hydrogens is 400 g/mol. The molecule has 0 saturated heterocycles. The SMILES string of the molecule is CN(C)CCCOC1=C(CCCN(C)C)c2ccccc2Sc2ccc(Cl)cc21. The van der Waals surface area contributed by atoms with Crippen LogP contribution in [0.1, 0.15) is 30.4 Å². The maximum absolute atomic E-state index is 6.49. The maximum atomic E-state index is 6.49. The van der Waals surface area contributed by atoms with Gasteiger partial charge in [0.2, 0.25) is 0 Å². The van der Waals surface area contributed by atoms with Crippen molar-refractivity contribution in [2.45, 2.75) is 29.1 Å². The fourth-order valence-corrected chi connectivity index (χ4v) is 4.77. The normalized spacial score (nSPS) is 13.5. The van der Waals surface area contributed by atoms with Gasteiger partial charge in [0.25, 0.3) is 0 Å². The van der Waals surface area contributed by atoms with Crippen molar-refractivity contribution in [3.05, 3.63) is 58.6 Å². The van der Waals surface area contributed by atoms with Crippen LogP contribution in [0.3, 0.4) is 0 Å². The Kier molecular flexibility index (Phi) is 8.07. The number of halogens is 1. The lowest BCUT2D eigenvalue weighted by Crippen LogP contribution is -2.15. The number of hydrogen-bond donors (Lipinski definition) is 0. The Hall–Kier alpha value is -1.46. The number of rotatable bonds is 9. The minimum Gasteiger partial charge on any atom is -0.493 e. The predicted molar refractivity (Wildman–Crippen MR) is 126 cm³/mol. The highest BCUT2D eigenvalue weighted by Crippen LogP contribution is 2.46. The summed E-state index contributed by atoms with van der Waals surface area (Å²) in [5.74, 6) is 0.998. The highest BCUT2D eigenvalue weighted by Gasteiger charge is 2.23. The molecule has 0 fully saturated rings. The molecule has 2 aromatic carbocycles. The zero-order chi connectivity index (χ0) is 20.8. The second kappa shape index (κ2) is 10.5. The monoisotopic (exact) mass is 430 g/mol. The van der Waals surface area contributed by atoms with Crippen LogP contribution >= 0.6 is 23.4 Å². The van der Waals surface area contributed by atoms with Gasteiger partial charge in [0.15, 0.2) is 0 Å². The summed E-state index contributed by atoms with van der Waals surface area (Å²) in [6.07, 6.45) is 3.05. The van der Waals surface area contributed by atoms with Crippen LogP contribution in [0.4, 0.5) is 0 Å². The molecule has 0 N–H and O–H groups in total. The summed E-state index contributed by atoms with van der Waals surface area (Å²) in [6, 6.07) is 14.8. The maximum Gasteiger partial charge on any atom is 0.131 e. The molecule has 0 spiro atoms. The van der Waals surface area contributed by atoms with E-state index >= 15 is 0 Å². The molecule has 3 nitrogen and oxygen atoms in total. The van der Waals surface area contributed by atoms with Gasteiger partial charge < -0.3 is 14.5 Å². The van der Waals surface area contributed by atoms with Gasteiger partial charge in [0.05, 0.1) is 6.61 Å². The lowest BCUT2D eigenvalue weighted by atomic mass is 9.96. The Morgan fingerprint density at radius 1 is 0.862 bits per heavy atom. The summed E-state index contributed by atoms with van der Waals surface area (Å²) in [4.78, 5) is 6.91. The van der Waals surface area contributed by atoms with Crippen molar-refractivity contribution in [2.24, 2.45) is 0 Å². The molecule has 156 valence electrons. The van der Waals surface area contributed by atoms with E-state index in [2.05, 4.69) is 74.4 Å². The van der Waals surface area contributed by atoms with E-state index in [1.807, 2.05) is 6.07 Å². The molecule has 0 aliphatic carbocycles. The molecule has 5 heteroatoms. The standard InChI is InChI=1S/C24H31ClN2OS/c1-26(2)14-7-10-20-19-9-5-6-11-22(19)29-23-13-12-18(25)17-21(23)24(20)28-16-8-15-27(3)4/h5-6,9,11-13,17H,7-8,10,14-16H2,1-4H3. The predicted octanol–water partition coefficient (Wildman–Crippen LogP) is 5.98. The number of ether oxygens (including phenoxy) is 1.